The highest BCUT2D eigenvalue weighted by Crippen LogP contribution is 2.13. The van der Waals surface area contributed by atoms with E-state index < -0.39 is 10.0 Å². The van der Waals surface area contributed by atoms with Gasteiger partial charge in [-0.05, 0) is 26.0 Å². The number of aryl methyl sites for hydroxylation is 1. The first-order valence-electron chi connectivity index (χ1n) is 10.6. The van der Waals surface area contributed by atoms with Crippen molar-refractivity contribution in [3.05, 3.63) is 47.9 Å². The SMILES string of the molecule is CCNC(=NCCCOc1ccc(C)cc1)N1CCN(S(=O)(=O)Cc2ccon2)CC1. The summed E-state index contributed by atoms with van der Waals surface area (Å²) >= 11 is 0. The molecule has 9 nitrogen and oxygen atoms in total. The fourth-order valence-electron chi connectivity index (χ4n) is 3.27. The van der Waals surface area contributed by atoms with Crippen LogP contribution < -0.4 is 10.1 Å². The van der Waals surface area contributed by atoms with E-state index >= 15 is 0 Å². The van der Waals surface area contributed by atoms with E-state index in [1.807, 2.05) is 38.1 Å². The Morgan fingerprint density at radius 3 is 2.58 bits per heavy atom. The molecule has 0 aliphatic carbocycles. The minimum absolute atomic E-state index is 0.140. The van der Waals surface area contributed by atoms with Crippen LogP contribution in [0.2, 0.25) is 0 Å². The number of benzene rings is 1. The van der Waals surface area contributed by atoms with Gasteiger partial charge in [0.25, 0.3) is 0 Å². The Labute approximate surface area is 184 Å². The van der Waals surface area contributed by atoms with Crippen molar-refractivity contribution in [2.45, 2.75) is 26.0 Å². The number of hydrogen-bond donors (Lipinski definition) is 1. The van der Waals surface area contributed by atoms with Gasteiger partial charge in [-0.25, -0.2) is 8.42 Å². The highest BCUT2D eigenvalue weighted by Gasteiger charge is 2.28. The molecule has 0 spiro atoms. The summed E-state index contributed by atoms with van der Waals surface area (Å²) in [5, 5.41) is 7.01. The van der Waals surface area contributed by atoms with Crippen molar-refractivity contribution in [1.82, 2.24) is 19.7 Å². The summed E-state index contributed by atoms with van der Waals surface area (Å²) in [6.07, 6.45) is 2.18. The first kappa shape index (κ1) is 23.1. The maximum atomic E-state index is 12.6. The molecule has 0 radical (unpaired) electrons. The molecule has 1 aliphatic rings. The van der Waals surface area contributed by atoms with Crippen LogP contribution in [-0.4, -0.2) is 74.6 Å². The summed E-state index contributed by atoms with van der Waals surface area (Å²) in [4.78, 5) is 6.80. The van der Waals surface area contributed by atoms with Gasteiger partial charge in [0.15, 0.2) is 5.96 Å². The summed E-state index contributed by atoms with van der Waals surface area (Å²) in [5.41, 5.74) is 1.63. The normalized spacial score (nSPS) is 15.8. The van der Waals surface area contributed by atoms with E-state index in [4.69, 9.17) is 14.3 Å². The van der Waals surface area contributed by atoms with Gasteiger partial charge in [0.05, 0.1) is 12.3 Å². The lowest BCUT2D eigenvalue weighted by Crippen LogP contribution is -2.53. The van der Waals surface area contributed by atoms with Crippen LogP contribution in [0.1, 0.15) is 24.6 Å². The highest BCUT2D eigenvalue weighted by molar-refractivity contribution is 7.88. The summed E-state index contributed by atoms with van der Waals surface area (Å²) in [7, 11) is -3.41. The van der Waals surface area contributed by atoms with E-state index in [2.05, 4.69) is 15.4 Å². The number of ether oxygens (including phenoxy) is 1. The third-order valence-electron chi connectivity index (χ3n) is 4.94. The fraction of sp³-hybridized carbons (Fsp3) is 0.524. The molecule has 1 aliphatic heterocycles. The molecule has 0 amide bonds. The Morgan fingerprint density at radius 2 is 1.94 bits per heavy atom. The number of guanidine groups is 1. The number of nitrogens with one attached hydrogen (secondary N) is 1. The lowest BCUT2D eigenvalue weighted by molar-refractivity contribution is 0.259. The van der Waals surface area contributed by atoms with Crippen LogP contribution in [0.4, 0.5) is 0 Å². The van der Waals surface area contributed by atoms with Gasteiger partial charge in [-0.15, -0.1) is 0 Å². The van der Waals surface area contributed by atoms with Gasteiger partial charge in [0, 0.05) is 51.8 Å². The van der Waals surface area contributed by atoms with E-state index in [1.165, 1.54) is 16.1 Å². The van der Waals surface area contributed by atoms with E-state index in [0.717, 1.165) is 24.7 Å². The molecular formula is C21H31N5O4S. The quantitative estimate of drug-likeness (QED) is 0.354. The molecule has 1 N–H and O–H groups in total. The minimum atomic E-state index is -3.41. The monoisotopic (exact) mass is 449 g/mol. The van der Waals surface area contributed by atoms with Crippen molar-refractivity contribution in [3.63, 3.8) is 0 Å². The molecule has 1 saturated heterocycles. The Hall–Kier alpha value is -2.59. The number of hydrogen-bond acceptors (Lipinski definition) is 6. The number of aliphatic imine (C=N–C) groups is 1. The average Bonchev–Trinajstić information content (AvgIpc) is 3.26. The molecule has 0 bridgehead atoms. The van der Waals surface area contributed by atoms with Crippen LogP contribution in [-0.2, 0) is 15.8 Å². The molecule has 0 atom stereocenters. The number of rotatable bonds is 9. The number of sulfonamides is 1. The topological polar surface area (TPSA) is 100 Å². The molecule has 10 heteroatoms. The first-order valence-corrected chi connectivity index (χ1v) is 12.2. The average molecular weight is 450 g/mol. The highest BCUT2D eigenvalue weighted by atomic mass is 32.2. The van der Waals surface area contributed by atoms with Crippen LogP contribution in [0.3, 0.4) is 0 Å². The van der Waals surface area contributed by atoms with E-state index in [9.17, 15) is 8.42 Å². The largest absolute Gasteiger partial charge is 0.494 e. The molecular weight excluding hydrogens is 418 g/mol. The first-order chi connectivity index (χ1) is 15.0. The zero-order valence-electron chi connectivity index (χ0n) is 18.2. The van der Waals surface area contributed by atoms with Crippen molar-refractivity contribution in [2.75, 3.05) is 45.9 Å². The van der Waals surface area contributed by atoms with Crippen LogP contribution >= 0.6 is 0 Å². The second kappa shape index (κ2) is 11.1. The lowest BCUT2D eigenvalue weighted by Gasteiger charge is -2.35. The zero-order chi connectivity index (χ0) is 22.1. The summed E-state index contributed by atoms with van der Waals surface area (Å²) < 4.78 is 37.2. The molecule has 2 aromatic rings. The van der Waals surface area contributed by atoms with Gasteiger partial charge < -0.3 is 19.5 Å². The third-order valence-corrected chi connectivity index (χ3v) is 6.75. The molecule has 31 heavy (non-hydrogen) atoms. The van der Waals surface area contributed by atoms with Gasteiger partial charge in [0.2, 0.25) is 10.0 Å². The fourth-order valence-corrected chi connectivity index (χ4v) is 4.69. The summed E-state index contributed by atoms with van der Waals surface area (Å²) in [6.45, 7) is 8.07. The van der Waals surface area contributed by atoms with Crippen molar-refractivity contribution >= 4 is 16.0 Å². The predicted molar refractivity (Wildman–Crippen MR) is 120 cm³/mol. The molecule has 1 aromatic carbocycles. The molecule has 0 saturated carbocycles. The van der Waals surface area contributed by atoms with Gasteiger partial charge in [-0.3, -0.25) is 4.99 Å². The van der Waals surface area contributed by atoms with E-state index in [0.29, 0.717) is 45.0 Å². The smallest absolute Gasteiger partial charge is 0.220 e. The standard InChI is InChI=1S/C21H31N5O4S/c1-3-22-21(23-10-4-15-29-20-7-5-18(2)6-8-20)25-11-13-26(14-12-25)31(27,28)17-19-9-16-30-24-19/h5-9,16H,3-4,10-15,17H2,1-2H3,(H,22,23). The van der Waals surface area contributed by atoms with Crippen molar-refractivity contribution in [1.29, 1.82) is 0 Å². The molecule has 3 rings (SSSR count). The Morgan fingerprint density at radius 1 is 1.19 bits per heavy atom. The Balaban J connectivity index is 1.46. The maximum Gasteiger partial charge on any atom is 0.220 e. The van der Waals surface area contributed by atoms with Crippen molar-refractivity contribution in [2.24, 2.45) is 4.99 Å². The van der Waals surface area contributed by atoms with Gasteiger partial charge in [0.1, 0.15) is 17.8 Å². The van der Waals surface area contributed by atoms with Crippen LogP contribution in [0.5, 0.6) is 5.75 Å². The second-order valence-corrected chi connectivity index (χ2v) is 9.35. The van der Waals surface area contributed by atoms with Crippen molar-refractivity contribution in [3.8, 4) is 5.75 Å². The Bertz CT molecular complexity index is 921. The Kier molecular flexibility index (Phi) is 8.30. The van der Waals surface area contributed by atoms with E-state index in [-0.39, 0.29) is 5.75 Å². The maximum absolute atomic E-state index is 12.6. The second-order valence-electron chi connectivity index (χ2n) is 7.38. The van der Waals surface area contributed by atoms with Crippen LogP contribution in [0, 0.1) is 6.92 Å². The number of aromatic nitrogens is 1. The van der Waals surface area contributed by atoms with Gasteiger partial charge in [-0.1, -0.05) is 22.9 Å². The molecule has 170 valence electrons. The zero-order valence-corrected chi connectivity index (χ0v) is 19.0. The summed E-state index contributed by atoms with van der Waals surface area (Å²) in [6, 6.07) is 9.58. The van der Waals surface area contributed by atoms with Crippen LogP contribution in [0.15, 0.2) is 46.1 Å². The van der Waals surface area contributed by atoms with Crippen LogP contribution in [0.25, 0.3) is 0 Å². The van der Waals surface area contributed by atoms with Gasteiger partial charge in [-0.2, -0.15) is 4.31 Å². The van der Waals surface area contributed by atoms with E-state index in [1.54, 1.807) is 6.07 Å². The summed E-state index contributed by atoms with van der Waals surface area (Å²) in [5.74, 6) is 1.54. The molecule has 1 aromatic heterocycles. The third kappa shape index (κ3) is 6.96. The number of piperazine rings is 1. The lowest BCUT2D eigenvalue weighted by atomic mass is 10.2. The van der Waals surface area contributed by atoms with Crippen molar-refractivity contribution < 1.29 is 17.7 Å². The van der Waals surface area contributed by atoms with Gasteiger partial charge >= 0.3 is 0 Å². The minimum Gasteiger partial charge on any atom is -0.494 e. The number of nitrogens with zero attached hydrogens (tertiary/aromatic N) is 4. The predicted octanol–water partition coefficient (Wildman–Crippen LogP) is 1.87. The molecule has 2 heterocycles. The molecule has 0 unspecified atom stereocenters. The molecule has 1 fully saturated rings.